The molecule has 7 heteroatoms. The Labute approximate surface area is 167 Å². The number of aromatic amines is 1. The van der Waals surface area contributed by atoms with Gasteiger partial charge in [0.15, 0.2) is 5.60 Å². The van der Waals surface area contributed by atoms with E-state index in [0.717, 1.165) is 11.1 Å². The highest BCUT2D eigenvalue weighted by Crippen LogP contribution is 2.54. The normalized spacial score (nSPS) is 23.8. The Bertz CT molecular complexity index is 1060. The molecule has 154 valence electrons. The second-order valence-corrected chi connectivity index (χ2v) is 8.47. The summed E-state index contributed by atoms with van der Waals surface area (Å²) in [7, 11) is 0. The lowest BCUT2D eigenvalue weighted by molar-refractivity contribution is -0.275. The first-order valence-electron chi connectivity index (χ1n) is 9.68. The molecule has 4 rings (SSSR count). The van der Waals surface area contributed by atoms with Crippen LogP contribution in [0.25, 0.3) is 10.9 Å². The molecule has 0 saturated carbocycles. The number of rotatable bonds is 3. The summed E-state index contributed by atoms with van der Waals surface area (Å²) in [5.74, 6) is 0. The molecule has 1 heterocycles. The van der Waals surface area contributed by atoms with Crippen molar-refractivity contribution in [3.63, 3.8) is 0 Å². The highest BCUT2D eigenvalue weighted by atomic mass is 19.4. The van der Waals surface area contributed by atoms with Crippen molar-refractivity contribution in [3.8, 4) is 0 Å². The van der Waals surface area contributed by atoms with Gasteiger partial charge in [0, 0.05) is 11.1 Å². The van der Waals surface area contributed by atoms with Gasteiger partial charge in [-0.15, -0.1) is 0 Å². The molecular formula is C22H24F3N3O. The second kappa shape index (κ2) is 6.49. The van der Waals surface area contributed by atoms with E-state index in [1.807, 2.05) is 19.1 Å². The van der Waals surface area contributed by atoms with Crippen molar-refractivity contribution in [2.24, 2.45) is 0 Å². The minimum absolute atomic E-state index is 0.430. The van der Waals surface area contributed by atoms with Crippen molar-refractivity contribution in [1.82, 2.24) is 10.2 Å². The Morgan fingerprint density at radius 1 is 1.24 bits per heavy atom. The maximum Gasteiger partial charge on any atom is 0.419 e. The zero-order chi connectivity index (χ0) is 21.0. The topological polar surface area (TPSA) is 60.9 Å². The van der Waals surface area contributed by atoms with Crippen LogP contribution in [0.15, 0.2) is 42.6 Å². The Morgan fingerprint density at radius 2 is 2.00 bits per heavy atom. The molecule has 4 nitrogen and oxygen atoms in total. The van der Waals surface area contributed by atoms with Gasteiger partial charge in [-0.2, -0.15) is 18.3 Å². The second-order valence-electron chi connectivity index (χ2n) is 8.47. The minimum atomic E-state index is -4.80. The molecule has 1 aromatic heterocycles. The SMILES string of the molecule is CCc1ccc2c(c1)C(Nc1cccc3[nH]ncc13)C(O)(C(F)(F)F)CC2(C)C. The fraction of sp³-hybridized carbons (Fsp3) is 0.409. The molecule has 0 bridgehead atoms. The molecule has 0 radical (unpaired) electrons. The third-order valence-corrected chi connectivity index (χ3v) is 6.03. The van der Waals surface area contributed by atoms with Gasteiger partial charge in [-0.05, 0) is 47.1 Å². The summed E-state index contributed by atoms with van der Waals surface area (Å²) >= 11 is 0. The molecule has 2 unspecified atom stereocenters. The predicted octanol–water partition coefficient (Wildman–Crippen LogP) is 5.25. The summed E-state index contributed by atoms with van der Waals surface area (Å²) in [5.41, 5.74) is -0.297. The Balaban J connectivity index is 1.93. The lowest BCUT2D eigenvalue weighted by atomic mass is 9.63. The molecule has 2 atom stereocenters. The van der Waals surface area contributed by atoms with E-state index < -0.39 is 29.7 Å². The highest BCUT2D eigenvalue weighted by molar-refractivity contribution is 5.91. The van der Waals surface area contributed by atoms with Crippen LogP contribution in [0.1, 0.15) is 49.9 Å². The number of aromatic nitrogens is 2. The smallest absolute Gasteiger partial charge is 0.379 e. The molecule has 3 aromatic rings. The summed E-state index contributed by atoms with van der Waals surface area (Å²) in [6, 6.07) is 9.56. The van der Waals surface area contributed by atoms with E-state index in [2.05, 4.69) is 15.5 Å². The Morgan fingerprint density at radius 3 is 2.69 bits per heavy atom. The fourth-order valence-corrected chi connectivity index (χ4v) is 4.53. The van der Waals surface area contributed by atoms with Crippen LogP contribution in [0.3, 0.4) is 0 Å². The number of H-pyrrole nitrogens is 1. The lowest BCUT2D eigenvalue weighted by Crippen LogP contribution is -2.58. The van der Waals surface area contributed by atoms with Crippen molar-refractivity contribution in [2.45, 2.75) is 56.8 Å². The number of nitrogens with one attached hydrogen (secondary N) is 2. The number of hydrogen-bond donors (Lipinski definition) is 3. The largest absolute Gasteiger partial charge is 0.419 e. The first kappa shape index (κ1) is 19.8. The summed E-state index contributed by atoms with van der Waals surface area (Å²) in [6.07, 6.45) is -2.96. The van der Waals surface area contributed by atoms with Gasteiger partial charge in [0.2, 0.25) is 0 Å². The van der Waals surface area contributed by atoms with Gasteiger partial charge >= 0.3 is 6.18 Å². The molecule has 0 saturated heterocycles. The molecule has 29 heavy (non-hydrogen) atoms. The van der Waals surface area contributed by atoms with Gasteiger partial charge in [-0.1, -0.05) is 45.0 Å². The number of fused-ring (bicyclic) bond motifs is 2. The van der Waals surface area contributed by atoms with Crippen LogP contribution < -0.4 is 5.32 Å². The number of anilines is 1. The Kier molecular flexibility index (Phi) is 4.42. The monoisotopic (exact) mass is 403 g/mol. The quantitative estimate of drug-likeness (QED) is 0.560. The van der Waals surface area contributed by atoms with Gasteiger partial charge in [0.1, 0.15) is 0 Å². The van der Waals surface area contributed by atoms with Crippen molar-refractivity contribution in [2.75, 3.05) is 5.32 Å². The molecule has 0 fully saturated rings. The average Bonchev–Trinajstić information content (AvgIpc) is 3.13. The molecule has 1 aliphatic rings. The molecule has 0 spiro atoms. The van der Waals surface area contributed by atoms with E-state index in [-0.39, 0.29) is 0 Å². The van der Waals surface area contributed by atoms with E-state index in [0.29, 0.717) is 28.6 Å². The molecule has 0 aliphatic heterocycles. The maximum atomic E-state index is 14.2. The summed E-state index contributed by atoms with van der Waals surface area (Å²) in [4.78, 5) is 0. The van der Waals surface area contributed by atoms with Gasteiger partial charge in [-0.25, -0.2) is 0 Å². The van der Waals surface area contributed by atoms with Crippen LogP contribution in [0.2, 0.25) is 0 Å². The number of hydrogen-bond acceptors (Lipinski definition) is 3. The van der Waals surface area contributed by atoms with E-state index >= 15 is 0 Å². The molecule has 1 aliphatic carbocycles. The zero-order valence-electron chi connectivity index (χ0n) is 16.6. The summed E-state index contributed by atoms with van der Waals surface area (Å²) < 4.78 is 42.7. The molecule has 2 aromatic carbocycles. The molecular weight excluding hydrogens is 379 g/mol. The van der Waals surface area contributed by atoms with Crippen LogP contribution in [0.4, 0.5) is 18.9 Å². The zero-order valence-corrected chi connectivity index (χ0v) is 16.6. The fourth-order valence-electron chi connectivity index (χ4n) is 4.53. The van der Waals surface area contributed by atoms with Gasteiger partial charge < -0.3 is 10.4 Å². The first-order valence-corrected chi connectivity index (χ1v) is 9.68. The van der Waals surface area contributed by atoms with Gasteiger partial charge in [0.25, 0.3) is 0 Å². The van der Waals surface area contributed by atoms with Gasteiger partial charge in [0.05, 0.1) is 17.8 Å². The van der Waals surface area contributed by atoms with Crippen molar-refractivity contribution < 1.29 is 18.3 Å². The number of nitrogens with zero attached hydrogens (tertiary/aromatic N) is 1. The average molecular weight is 403 g/mol. The van der Waals surface area contributed by atoms with Crippen LogP contribution in [0.5, 0.6) is 0 Å². The summed E-state index contributed by atoms with van der Waals surface area (Å²) in [6.45, 7) is 5.46. The third-order valence-electron chi connectivity index (χ3n) is 6.03. The highest BCUT2D eigenvalue weighted by Gasteiger charge is 2.63. The van der Waals surface area contributed by atoms with E-state index in [4.69, 9.17) is 0 Å². The molecule has 3 N–H and O–H groups in total. The lowest BCUT2D eigenvalue weighted by Gasteiger charge is -2.49. The van der Waals surface area contributed by atoms with Crippen LogP contribution in [-0.4, -0.2) is 27.1 Å². The van der Waals surface area contributed by atoms with E-state index in [9.17, 15) is 18.3 Å². The predicted molar refractivity (Wildman–Crippen MR) is 107 cm³/mol. The number of alkyl halides is 3. The number of aryl methyl sites for hydroxylation is 1. The number of benzene rings is 2. The van der Waals surface area contributed by atoms with E-state index in [1.165, 1.54) is 0 Å². The van der Waals surface area contributed by atoms with Crippen molar-refractivity contribution in [3.05, 3.63) is 59.3 Å². The summed E-state index contributed by atoms with van der Waals surface area (Å²) in [5, 5.41) is 21.6. The van der Waals surface area contributed by atoms with Crippen molar-refractivity contribution >= 4 is 16.6 Å². The van der Waals surface area contributed by atoms with Gasteiger partial charge in [-0.3, -0.25) is 5.10 Å². The number of halogens is 3. The van der Waals surface area contributed by atoms with E-state index in [1.54, 1.807) is 44.3 Å². The third kappa shape index (κ3) is 3.08. The van der Waals surface area contributed by atoms with Crippen molar-refractivity contribution in [1.29, 1.82) is 0 Å². The Hall–Kier alpha value is -2.54. The standard InChI is InChI=1S/C22H24F3N3O/c1-4-13-8-9-16-14(10-13)19(21(29,22(23,24)25)12-20(16,2)3)27-17-6-5-7-18-15(17)11-26-28-18/h5-11,19,27,29H,4,12H2,1-3H3,(H,26,28). The van der Waals surface area contributed by atoms with Crippen LogP contribution in [0, 0.1) is 0 Å². The first-order chi connectivity index (χ1) is 13.6. The minimum Gasteiger partial charge on any atom is -0.379 e. The number of aliphatic hydroxyl groups is 1. The molecule has 0 amide bonds. The van der Waals surface area contributed by atoms with Crippen LogP contribution in [-0.2, 0) is 11.8 Å². The van der Waals surface area contributed by atoms with Crippen LogP contribution >= 0.6 is 0 Å². The maximum absolute atomic E-state index is 14.2.